The van der Waals surface area contributed by atoms with Crippen molar-refractivity contribution in [2.75, 3.05) is 0 Å². The van der Waals surface area contributed by atoms with Crippen LogP contribution in [0.25, 0.3) is 0 Å². The first-order valence-corrected chi connectivity index (χ1v) is 7.47. The molecular formula is C17H24Cl2O2. The molecule has 21 heavy (non-hydrogen) atoms. The first-order valence-electron chi connectivity index (χ1n) is 6.71. The SMILES string of the molecule is C.CC(C)(C)OC(=O)[C@@H]1[C@@H](c2cc(Cl)cc(Cl)c2)C1(C)C. The van der Waals surface area contributed by atoms with Crippen molar-refractivity contribution in [2.24, 2.45) is 11.3 Å². The molecule has 1 aliphatic carbocycles. The van der Waals surface area contributed by atoms with Gasteiger partial charge in [-0.15, -0.1) is 0 Å². The predicted octanol–water partition coefficient (Wildman–Crippen LogP) is 5.71. The second-order valence-electron chi connectivity index (χ2n) is 7.01. The molecule has 1 aliphatic rings. The molecule has 0 unspecified atom stereocenters. The largest absolute Gasteiger partial charge is 0.460 e. The summed E-state index contributed by atoms with van der Waals surface area (Å²) in [6.45, 7) is 9.78. The first-order chi connectivity index (χ1) is 9.02. The Bertz CT molecular complexity index is 524. The molecule has 1 fully saturated rings. The van der Waals surface area contributed by atoms with Crippen LogP contribution in [0.2, 0.25) is 10.0 Å². The van der Waals surface area contributed by atoms with Gasteiger partial charge in [0.25, 0.3) is 0 Å². The van der Waals surface area contributed by atoms with Crippen LogP contribution in [-0.4, -0.2) is 11.6 Å². The summed E-state index contributed by atoms with van der Waals surface area (Å²) in [6, 6.07) is 5.46. The fourth-order valence-electron chi connectivity index (χ4n) is 2.82. The predicted molar refractivity (Wildman–Crippen MR) is 89.1 cm³/mol. The summed E-state index contributed by atoms with van der Waals surface area (Å²) < 4.78 is 5.50. The second kappa shape index (κ2) is 5.81. The van der Waals surface area contributed by atoms with Crippen molar-refractivity contribution in [3.05, 3.63) is 33.8 Å². The van der Waals surface area contributed by atoms with Crippen LogP contribution in [0.3, 0.4) is 0 Å². The van der Waals surface area contributed by atoms with E-state index in [9.17, 15) is 4.79 Å². The van der Waals surface area contributed by atoms with E-state index in [1.807, 2.05) is 32.9 Å². The molecule has 1 saturated carbocycles. The van der Waals surface area contributed by atoms with Gasteiger partial charge < -0.3 is 4.74 Å². The Kier molecular flexibility index (Phi) is 5.07. The molecule has 2 nitrogen and oxygen atoms in total. The van der Waals surface area contributed by atoms with Gasteiger partial charge in [-0.25, -0.2) is 0 Å². The van der Waals surface area contributed by atoms with Gasteiger partial charge in [-0.2, -0.15) is 0 Å². The van der Waals surface area contributed by atoms with E-state index >= 15 is 0 Å². The highest BCUT2D eigenvalue weighted by molar-refractivity contribution is 6.34. The van der Waals surface area contributed by atoms with Gasteiger partial charge in [0.15, 0.2) is 0 Å². The quantitative estimate of drug-likeness (QED) is 0.649. The lowest BCUT2D eigenvalue weighted by molar-refractivity contribution is -0.157. The van der Waals surface area contributed by atoms with Crippen LogP contribution in [0.15, 0.2) is 18.2 Å². The van der Waals surface area contributed by atoms with E-state index in [0.717, 1.165) is 5.56 Å². The lowest BCUT2D eigenvalue weighted by Crippen LogP contribution is -2.26. The van der Waals surface area contributed by atoms with E-state index in [4.69, 9.17) is 27.9 Å². The zero-order valence-corrected chi connectivity index (χ0v) is 14.0. The third-order valence-electron chi connectivity index (χ3n) is 3.73. The number of ether oxygens (including phenoxy) is 1. The molecule has 0 N–H and O–H groups in total. The number of hydrogen-bond acceptors (Lipinski definition) is 2. The van der Waals surface area contributed by atoms with Gasteiger partial charge in [-0.3, -0.25) is 4.79 Å². The molecule has 2 rings (SSSR count). The summed E-state index contributed by atoms with van der Waals surface area (Å²) in [7, 11) is 0. The molecule has 1 aromatic rings. The summed E-state index contributed by atoms with van der Waals surface area (Å²) in [4.78, 5) is 12.3. The molecule has 0 aromatic heterocycles. The molecule has 0 amide bonds. The van der Waals surface area contributed by atoms with Gasteiger partial charge >= 0.3 is 5.97 Å². The maximum Gasteiger partial charge on any atom is 0.310 e. The standard InChI is InChI=1S/C16H20Cl2O2.CH4/c1-15(2,3)20-14(19)13-12(16(13,4)5)9-6-10(17)8-11(18)7-9;/h6-8,12-13H,1-5H3;1H4/t12-,13+;/m1./s1. The van der Waals surface area contributed by atoms with Crippen LogP contribution >= 0.6 is 23.2 Å². The Morgan fingerprint density at radius 1 is 1.14 bits per heavy atom. The molecule has 0 saturated heterocycles. The molecule has 0 radical (unpaired) electrons. The van der Waals surface area contributed by atoms with Crippen LogP contribution in [0.4, 0.5) is 0 Å². The Morgan fingerprint density at radius 3 is 2.05 bits per heavy atom. The number of carbonyl (C=O) groups excluding carboxylic acids is 1. The monoisotopic (exact) mass is 330 g/mol. The van der Waals surface area contributed by atoms with Gasteiger partial charge in [0.1, 0.15) is 5.60 Å². The highest BCUT2D eigenvalue weighted by Gasteiger charge is 2.63. The number of rotatable bonds is 2. The average Bonchev–Trinajstić information content (AvgIpc) is 2.77. The minimum atomic E-state index is -0.466. The van der Waals surface area contributed by atoms with Crippen molar-refractivity contribution in [2.45, 2.75) is 53.6 Å². The summed E-state index contributed by atoms with van der Waals surface area (Å²) in [5.74, 6) is -0.187. The van der Waals surface area contributed by atoms with E-state index in [1.165, 1.54) is 0 Å². The Morgan fingerprint density at radius 2 is 1.62 bits per heavy atom. The van der Waals surface area contributed by atoms with E-state index in [-0.39, 0.29) is 30.6 Å². The van der Waals surface area contributed by atoms with Crippen molar-refractivity contribution in [3.8, 4) is 0 Å². The van der Waals surface area contributed by atoms with Crippen molar-refractivity contribution < 1.29 is 9.53 Å². The van der Waals surface area contributed by atoms with Crippen LogP contribution in [-0.2, 0) is 9.53 Å². The fraction of sp³-hybridized carbons (Fsp3) is 0.588. The molecule has 118 valence electrons. The van der Waals surface area contributed by atoms with Crippen molar-refractivity contribution >= 4 is 29.2 Å². The van der Waals surface area contributed by atoms with Gasteiger partial charge in [-0.1, -0.05) is 44.5 Å². The van der Waals surface area contributed by atoms with Crippen LogP contribution < -0.4 is 0 Å². The number of esters is 1. The number of benzene rings is 1. The van der Waals surface area contributed by atoms with Crippen LogP contribution in [0, 0.1) is 11.3 Å². The maximum absolute atomic E-state index is 12.3. The smallest absolute Gasteiger partial charge is 0.310 e. The normalized spacial score (nSPS) is 23.2. The summed E-state index contributed by atoms with van der Waals surface area (Å²) in [5, 5.41) is 1.19. The number of carbonyl (C=O) groups is 1. The Hall–Kier alpha value is -0.730. The molecule has 4 heteroatoms. The fourth-order valence-corrected chi connectivity index (χ4v) is 3.36. The average molecular weight is 331 g/mol. The highest BCUT2D eigenvalue weighted by atomic mass is 35.5. The molecule has 1 aromatic carbocycles. The van der Waals surface area contributed by atoms with Crippen LogP contribution in [0.5, 0.6) is 0 Å². The second-order valence-corrected chi connectivity index (χ2v) is 7.89. The third-order valence-corrected chi connectivity index (χ3v) is 4.17. The van der Waals surface area contributed by atoms with E-state index in [0.29, 0.717) is 10.0 Å². The van der Waals surface area contributed by atoms with Crippen LogP contribution in [0.1, 0.15) is 53.5 Å². The minimum absolute atomic E-state index is 0. The number of hydrogen-bond donors (Lipinski definition) is 0. The molecule has 0 bridgehead atoms. The minimum Gasteiger partial charge on any atom is -0.460 e. The van der Waals surface area contributed by atoms with E-state index in [2.05, 4.69) is 13.8 Å². The Balaban J connectivity index is 0.00000220. The molecule has 2 atom stereocenters. The zero-order chi connectivity index (χ0) is 15.3. The van der Waals surface area contributed by atoms with Gasteiger partial charge in [0, 0.05) is 16.0 Å². The van der Waals surface area contributed by atoms with Crippen molar-refractivity contribution in [1.29, 1.82) is 0 Å². The van der Waals surface area contributed by atoms with Crippen molar-refractivity contribution in [1.82, 2.24) is 0 Å². The molecular weight excluding hydrogens is 307 g/mol. The van der Waals surface area contributed by atoms with E-state index < -0.39 is 5.60 Å². The van der Waals surface area contributed by atoms with Crippen molar-refractivity contribution in [3.63, 3.8) is 0 Å². The third kappa shape index (κ3) is 3.92. The summed E-state index contributed by atoms with van der Waals surface area (Å²) in [6.07, 6.45) is 0. The Labute approximate surface area is 137 Å². The van der Waals surface area contributed by atoms with Gasteiger partial charge in [0.05, 0.1) is 5.92 Å². The lowest BCUT2D eigenvalue weighted by Gasteiger charge is -2.20. The molecule has 0 aliphatic heterocycles. The van der Waals surface area contributed by atoms with Gasteiger partial charge in [-0.05, 0) is 49.9 Å². The number of halogens is 2. The van der Waals surface area contributed by atoms with Gasteiger partial charge in [0.2, 0.25) is 0 Å². The highest BCUT2D eigenvalue weighted by Crippen LogP contribution is 2.65. The van der Waals surface area contributed by atoms with E-state index in [1.54, 1.807) is 6.07 Å². The summed E-state index contributed by atoms with van der Waals surface area (Å²) >= 11 is 12.1. The lowest BCUT2D eigenvalue weighted by atomic mass is 10.0. The maximum atomic E-state index is 12.3. The molecule has 0 spiro atoms. The zero-order valence-electron chi connectivity index (χ0n) is 12.5. The summed E-state index contributed by atoms with van der Waals surface area (Å²) in [5.41, 5.74) is 0.408. The first kappa shape index (κ1) is 18.3. The molecule has 0 heterocycles. The topological polar surface area (TPSA) is 26.3 Å².